The summed E-state index contributed by atoms with van der Waals surface area (Å²) in [5.74, 6) is 0.100. The lowest BCUT2D eigenvalue weighted by atomic mass is 10.1. The Balaban J connectivity index is 2.07. The lowest BCUT2D eigenvalue weighted by molar-refractivity contribution is 0.627. The maximum atomic E-state index is 13.5. The predicted octanol–water partition coefficient (Wildman–Crippen LogP) is 4.97. The second-order valence-electron chi connectivity index (χ2n) is 5.18. The molecule has 1 heterocycles. The highest BCUT2D eigenvalue weighted by atomic mass is 19.1. The molecule has 112 valence electrons. The molecule has 0 aliphatic rings. The summed E-state index contributed by atoms with van der Waals surface area (Å²) in [7, 11) is 0. The number of H-pyrrole nitrogens is 1. The number of nitrogens with one attached hydrogen (secondary N) is 1. The smallest absolute Gasteiger partial charge is 0.138 e. The Morgan fingerprint density at radius 1 is 0.955 bits per heavy atom. The van der Waals surface area contributed by atoms with Crippen LogP contribution in [0.15, 0.2) is 48.5 Å². The molecule has 0 saturated heterocycles. The molecular formula is C18H16F2N2. The number of imidazole rings is 1. The number of halogens is 2. The topological polar surface area (TPSA) is 28.7 Å². The Hall–Kier alpha value is -2.49. The van der Waals surface area contributed by atoms with Gasteiger partial charge in [0.15, 0.2) is 0 Å². The molecule has 0 fully saturated rings. The van der Waals surface area contributed by atoms with Crippen molar-refractivity contribution in [1.82, 2.24) is 9.97 Å². The third-order valence-corrected chi connectivity index (χ3v) is 3.49. The Kier molecular flexibility index (Phi) is 4.00. The minimum Gasteiger partial charge on any atom is -0.341 e. The van der Waals surface area contributed by atoms with E-state index in [9.17, 15) is 8.78 Å². The minimum atomic E-state index is -0.286. The molecule has 0 aliphatic heterocycles. The van der Waals surface area contributed by atoms with Crippen molar-refractivity contribution in [2.24, 2.45) is 0 Å². The second-order valence-corrected chi connectivity index (χ2v) is 5.18. The van der Waals surface area contributed by atoms with Gasteiger partial charge in [-0.1, -0.05) is 25.5 Å². The quantitative estimate of drug-likeness (QED) is 0.723. The first-order valence-electron chi connectivity index (χ1n) is 7.28. The van der Waals surface area contributed by atoms with Crippen molar-refractivity contribution in [3.63, 3.8) is 0 Å². The number of hydrogen-bond donors (Lipinski definition) is 1. The molecule has 0 atom stereocenters. The Labute approximate surface area is 127 Å². The van der Waals surface area contributed by atoms with E-state index in [0.717, 1.165) is 35.4 Å². The zero-order valence-electron chi connectivity index (χ0n) is 12.2. The number of aryl methyl sites for hydroxylation is 1. The zero-order valence-corrected chi connectivity index (χ0v) is 12.2. The highest BCUT2D eigenvalue weighted by molar-refractivity contribution is 5.67. The fraction of sp³-hybridized carbons (Fsp3) is 0.167. The fourth-order valence-electron chi connectivity index (χ4n) is 2.46. The lowest BCUT2D eigenvalue weighted by Gasteiger charge is -2.01. The molecule has 0 saturated carbocycles. The maximum Gasteiger partial charge on any atom is 0.138 e. The minimum absolute atomic E-state index is 0.283. The standard InChI is InChI=1S/C18H16F2N2/c1-2-4-16-17(13-5-3-6-15(20)11-13)22-18(21-16)12-7-9-14(19)10-8-12/h3,5-11H,2,4H2,1H3,(H,21,22). The van der Waals surface area contributed by atoms with E-state index in [1.54, 1.807) is 18.2 Å². The number of aromatic nitrogens is 2. The summed E-state index contributed by atoms with van der Waals surface area (Å²) in [5, 5.41) is 0. The molecule has 0 aliphatic carbocycles. The molecule has 1 N–H and O–H groups in total. The van der Waals surface area contributed by atoms with Gasteiger partial charge in [-0.2, -0.15) is 0 Å². The van der Waals surface area contributed by atoms with Crippen LogP contribution in [0.1, 0.15) is 19.0 Å². The van der Waals surface area contributed by atoms with Crippen LogP contribution in [0.4, 0.5) is 8.78 Å². The summed E-state index contributed by atoms with van der Waals surface area (Å²) < 4.78 is 26.5. The van der Waals surface area contributed by atoms with Gasteiger partial charge >= 0.3 is 0 Å². The van der Waals surface area contributed by atoms with Gasteiger partial charge in [-0.15, -0.1) is 0 Å². The number of hydrogen-bond acceptors (Lipinski definition) is 1. The van der Waals surface area contributed by atoms with Gasteiger partial charge in [0, 0.05) is 16.8 Å². The lowest BCUT2D eigenvalue weighted by Crippen LogP contribution is -1.88. The summed E-state index contributed by atoms with van der Waals surface area (Å²) >= 11 is 0. The van der Waals surface area contributed by atoms with Gasteiger partial charge in [-0.25, -0.2) is 13.8 Å². The van der Waals surface area contributed by atoms with Crippen LogP contribution in [0, 0.1) is 11.6 Å². The molecule has 0 radical (unpaired) electrons. The van der Waals surface area contributed by atoms with Crippen LogP contribution in [-0.2, 0) is 6.42 Å². The van der Waals surface area contributed by atoms with Crippen molar-refractivity contribution in [2.75, 3.05) is 0 Å². The van der Waals surface area contributed by atoms with E-state index in [1.807, 2.05) is 6.07 Å². The van der Waals surface area contributed by atoms with Crippen LogP contribution in [0.2, 0.25) is 0 Å². The van der Waals surface area contributed by atoms with E-state index in [-0.39, 0.29) is 11.6 Å². The first kappa shape index (κ1) is 14.4. The maximum absolute atomic E-state index is 13.5. The zero-order chi connectivity index (χ0) is 15.5. The van der Waals surface area contributed by atoms with Gasteiger partial charge in [0.05, 0.1) is 5.69 Å². The molecule has 0 unspecified atom stereocenters. The van der Waals surface area contributed by atoms with Gasteiger partial charge in [0.25, 0.3) is 0 Å². The van der Waals surface area contributed by atoms with Gasteiger partial charge in [0.2, 0.25) is 0 Å². The molecule has 0 bridgehead atoms. The summed E-state index contributed by atoms with van der Waals surface area (Å²) in [4.78, 5) is 7.88. The highest BCUT2D eigenvalue weighted by Gasteiger charge is 2.13. The summed E-state index contributed by atoms with van der Waals surface area (Å²) in [6.07, 6.45) is 1.77. The first-order valence-corrected chi connectivity index (χ1v) is 7.28. The van der Waals surface area contributed by atoms with Gasteiger partial charge in [-0.3, -0.25) is 0 Å². The average Bonchev–Trinajstić information content (AvgIpc) is 2.92. The summed E-state index contributed by atoms with van der Waals surface area (Å²) in [6.45, 7) is 2.08. The average molecular weight is 298 g/mol. The van der Waals surface area contributed by atoms with Gasteiger partial charge in [0.1, 0.15) is 17.5 Å². The Morgan fingerprint density at radius 3 is 2.41 bits per heavy atom. The Bertz CT molecular complexity index is 776. The largest absolute Gasteiger partial charge is 0.341 e. The van der Waals surface area contributed by atoms with E-state index < -0.39 is 0 Å². The highest BCUT2D eigenvalue weighted by Crippen LogP contribution is 2.27. The SMILES string of the molecule is CCCc1[nH]c(-c2ccc(F)cc2)nc1-c1cccc(F)c1. The van der Waals surface area contributed by atoms with E-state index in [1.165, 1.54) is 24.3 Å². The van der Waals surface area contributed by atoms with E-state index in [0.29, 0.717) is 5.82 Å². The number of aromatic amines is 1. The molecule has 0 amide bonds. The van der Waals surface area contributed by atoms with Gasteiger partial charge in [-0.05, 0) is 42.8 Å². The summed E-state index contributed by atoms with van der Waals surface area (Å²) in [5.41, 5.74) is 3.27. The van der Waals surface area contributed by atoms with Gasteiger partial charge < -0.3 is 4.98 Å². The van der Waals surface area contributed by atoms with Crippen molar-refractivity contribution in [3.8, 4) is 22.6 Å². The van der Waals surface area contributed by atoms with Crippen LogP contribution >= 0.6 is 0 Å². The first-order chi connectivity index (χ1) is 10.7. The Morgan fingerprint density at radius 2 is 1.73 bits per heavy atom. The van der Waals surface area contributed by atoms with E-state index >= 15 is 0 Å². The molecule has 3 aromatic rings. The van der Waals surface area contributed by atoms with Crippen LogP contribution in [0.3, 0.4) is 0 Å². The number of rotatable bonds is 4. The molecule has 22 heavy (non-hydrogen) atoms. The third-order valence-electron chi connectivity index (χ3n) is 3.49. The monoisotopic (exact) mass is 298 g/mol. The number of benzene rings is 2. The van der Waals surface area contributed by atoms with Crippen molar-refractivity contribution in [3.05, 3.63) is 65.9 Å². The normalized spacial score (nSPS) is 10.9. The second kappa shape index (κ2) is 6.10. The molecule has 0 spiro atoms. The van der Waals surface area contributed by atoms with Crippen molar-refractivity contribution >= 4 is 0 Å². The molecule has 2 aromatic carbocycles. The number of nitrogens with zero attached hydrogens (tertiary/aromatic N) is 1. The molecule has 2 nitrogen and oxygen atoms in total. The summed E-state index contributed by atoms with van der Waals surface area (Å²) in [6, 6.07) is 12.6. The van der Waals surface area contributed by atoms with Crippen molar-refractivity contribution in [2.45, 2.75) is 19.8 Å². The van der Waals surface area contributed by atoms with Crippen LogP contribution in [0.5, 0.6) is 0 Å². The van der Waals surface area contributed by atoms with Crippen molar-refractivity contribution in [1.29, 1.82) is 0 Å². The van der Waals surface area contributed by atoms with Crippen LogP contribution in [-0.4, -0.2) is 9.97 Å². The molecule has 3 rings (SSSR count). The van der Waals surface area contributed by atoms with E-state index in [4.69, 9.17) is 0 Å². The third kappa shape index (κ3) is 2.91. The predicted molar refractivity (Wildman–Crippen MR) is 83.4 cm³/mol. The van der Waals surface area contributed by atoms with E-state index in [2.05, 4.69) is 16.9 Å². The van der Waals surface area contributed by atoms with Crippen LogP contribution in [0.25, 0.3) is 22.6 Å². The fourth-order valence-corrected chi connectivity index (χ4v) is 2.46. The van der Waals surface area contributed by atoms with Crippen LogP contribution < -0.4 is 0 Å². The van der Waals surface area contributed by atoms with Crippen molar-refractivity contribution < 1.29 is 8.78 Å². The molecule has 1 aromatic heterocycles. The molecular weight excluding hydrogens is 282 g/mol. The molecule has 4 heteroatoms.